The van der Waals surface area contributed by atoms with Gasteiger partial charge in [-0.2, -0.15) is 5.26 Å². The van der Waals surface area contributed by atoms with Crippen LogP contribution in [-0.4, -0.2) is 4.57 Å². The first kappa shape index (κ1) is 15.9. The average molecular weight is 368 g/mol. The lowest BCUT2D eigenvalue weighted by Crippen LogP contribution is -1.98. The van der Waals surface area contributed by atoms with Gasteiger partial charge < -0.3 is 4.57 Å². The van der Waals surface area contributed by atoms with Gasteiger partial charge in [-0.1, -0.05) is 84.9 Å². The molecule has 0 N–H and O–H groups in total. The number of hydrogen-bond donors (Lipinski definition) is 0. The number of rotatable bonds is 1. The van der Waals surface area contributed by atoms with E-state index in [0.717, 1.165) is 16.7 Å². The zero-order valence-electron chi connectivity index (χ0n) is 15.6. The SMILES string of the molecule is N#Cc1ccccc1-n1c2c3ccccc3ccc2c2ccc3ccccc3c21. The molecule has 5 aromatic carbocycles. The van der Waals surface area contributed by atoms with Crippen LogP contribution in [0.25, 0.3) is 49.0 Å². The molecule has 0 saturated carbocycles. The molecule has 0 radical (unpaired) electrons. The Morgan fingerprint density at radius 2 is 1.03 bits per heavy atom. The lowest BCUT2D eigenvalue weighted by molar-refractivity contribution is 1.18. The average Bonchev–Trinajstić information content (AvgIpc) is 3.14. The van der Waals surface area contributed by atoms with Crippen molar-refractivity contribution in [2.75, 3.05) is 0 Å². The lowest BCUT2D eigenvalue weighted by atomic mass is 10.0. The van der Waals surface area contributed by atoms with Crippen molar-refractivity contribution in [1.29, 1.82) is 5.26 Å². The molecule has 2 heteroatoms. The fourth-order valence-electron chi connectivity index (χ4n) is 4.54. The van der Waals surface area contributed by atoms with Gasteiger partial charge in [0.1, 0.15) is 6.07 Å². The van der Waals surface area contributed by atoms with E-state index >= 15 is 0 Å². The van der Waals surface area contributed by atoms with Gasteiger partial charge in [0.2, 0.25) is 0 Å². The van der Waals surface area contributed by atoms with Crippen LogP contribution in [0.4, 0.5) is 0 Å². The fraction of sp³-hybridized carbons (Fsp3) is 0. The van der Waals surface area contributed by atoms with E-state index in [4.69, 9.17) is 0 Å². The summed E-state index contributed by atoms with van der Waals surface area (Å²) in [7, 11) is 0. The molecule has 0 atom stereocenters. The molecule has 0 unspecified atom stereocenters. The summed E-state index contributed by atoms with van der Waals surface area (Å²) in [4.78, 5) is 0. The highest BCUT2D eigenvalue weighted by atomic mass is 15.0. The van der Waals surface area contributed by atoms with Gasteiger partial charge >= 0.3 is 0 Å². The molecule has 0 aliphatic carbocycles. The summed E-state index contributed by atoms with van der Waals surface area (Å²) < 4.78 is 2.29. The van der Waals surface area contributed by atoms with E-state index in [1.807, 2.05) is 24.3 Å². The third-order valence-electron chi connectivity index (χ3n) is 5.80. The summed E-state index contributed by atoms with van der Waals surface area (Å²) in [6.45, 7) is 0. The molecular formula is C27H16N2. The minimum Gasteiger partial charge on any atom is -0.307 e. The van der Waals surface area contributed by atoms with E-state index in [-0.39, 0.29) is 0 Å². The number of benzene rings is 5. The van der Waals surface area contributed by atoms with Crippen LogP contribution in [0.2, 0.25) is 0 Å². The van der Waals surface area contributed by atoms with Crippen LogP contribution in [0.15, 0.2) is 97.1 Å². The predicted molar refractivity (Wildman–Crippen MR) is 121 cm³/mol. The summed E-state index contributed by atoms with van der Waals surface area (Å²) in [6, 6.07) is 36.0. The Morgan fingerprint density at radius 3 is 1.62 bits per heavy atom. The Balaban J connectivity index is 1.98. The smallest absolute Gasteiger partial charge is 0.101 e. The fourth-order valence-corrected chi connectivity index (χ4v) is 4.54. The zero-order valence-corrected chi connectivity index (χ0v) is 15.6. The third-order valence-corrected chi connectivity index (χ3v) is 5.80. The molecule has 0 fully saturated rings. The molecule has 1 aromatic heterocycles. The molecule has 0 aliphatic rings. The van der Waals surface area contributed by atoms with E-state index < -0.39 is 0 Å². The molecule has 0 bridgehead atoms. The van der Waals surface area contributed by atoms with Gasteiger partial charge in [0, 0.05) is 21.5 Å². The number of hydrogen-bond acceptors (Lipinski definition) is 1. The molecule has 0 saturated heterocycles. The predicted octanol–water partition coefficient (Wildman–Crippen LogP) is 6.96. The lowest BCUT2D eigenvalue weighted by Gasteiger charge is -2.12. The maximum absolute atomic E-state index is 9.82. The minimum atomic E-state index is 0.673. The maximum Gasteiger partial charge on any atom is 0.101 e. The molecular weight excluding hydrogens is 352 g/mol. The second-order valence-electron chi connectivity index (χ2n) is 7.33. The molecule has 134 valence electrons. The monoisotopic (exact) mass is 368 g/mol. The number of aromatic nitrogens is 1. The third kappa shape index (κ3) is 2.16. The second-order valence-corrected chi connectivity index (χ2v) is 7.33. The molecule has 2 nitrogen and oxygen atoms in total. The molecule has 6 aromatic rings. The molecule has 1 heterocycles. The van der Waals surface area contributed by atoms with Crippen molar-refractivity contribution in [3.8, 4) is 11.8 Å². The highest BCUT2D eigenvalue weighted by molar-refractivity contribution is 6.23. The van der Waals surface area contributed by atoms with Gasteiger partial charge in [-0.05, 0) is 22.9 Å². The highest BCUT2D eigenvalue weighted by Crippen LogP contribution is 2.40. The van der Waals surface area contributed by atoms with E-state index in [1.165, 1.54) is 32.3 Å². The molecule has 29 heavy (non-hydrogen) atoms. The Bertz CT molecular complexity index is 1520. The topological polar surface area (TPSA) is 28.7 Å². The van der Waals surface area contributed by atoms with Crippen molar-refractivity contribution in [2.24, 2.45) is 0 Å². The van der Waals surface area contributed by atoms with Crippen LogP contribution in [0.1, 0.15) is 5.56 Å². The normalized spacial score (nSPS) is 11.4. The Labute approximate surface area is 167 Å². The van der Waals surface area contributed by atoms with Crippen LogP contribution >= 0.6 is 0 Å². The van der Waals surface area contributed by atoms with Crippen LogP contribution in [0.3, 0.4) is 0 Å². The highest BCUT2D eigenvalue weighted by Gasteiger charge is 2.18. The number of para-hydroxylation sites is 1. The molecule has 0 spiro atoms. The van der Waals surface area contributed by atoms with Crippen LogP contribution in [0.5, 0.6) is 0 Å². The Kier molecular flexibility index (Phi) is 3.27. The first-order chi connectivity index (χ1) is 14.4. The van der Waals surface area contributed by atoms with Gasteiger partial charge in [-0.15, -0.1) is 0 Å². The van der Waals surface area contributed by atoms with Crippen LogP contribution < -0.4 is 0 Å². The standard InChI is InChI=1S/C27H16N2/c28-17-20-9-3-6-12-25(20)29-26-21-10-4-1-7-18(21)13-15-23(26)24-16-14-19-8-2-5-11-22(19)27(24)29/h1-16H. The van der Waals surface area contributed by atoms with Crippen molar-refractivity contribution in [1.82, 2.24) is 4.57 Å². The summed E-state index contributed by atoms with van der Waals surface area (Å²) in [6.07, 6.45) is 0. The van der Waals surface area contributed by atoms with Gasteiger partial charge in [-0.3, -0.25) is 0 Å². The second kappa shape index (κ2) is 5.95. The molecule has 0 amide bonds. The Morgan fingerprint density at radius 1 is 0.517 bits per heavy atom. The number of fused-ring (bicyclic) bond motifs is 7. The summed E-state index contributed by atoms with van der Waals surface area (Å²) >= 11 is 0. The zero-order chi connectivity index (χ0) is 19.4. The van der Waals surface area contributed by atoms with Crippen molar-refractivity contribution in [2.45, 2.75) is 0 Å². The largest absolute Gasteiger partial charge is 0.307 e. The molecule has 0 aliphatic heterocycles. The number of nitrogens with zero attached hydrogens (tertiary/aromatic N) is 2. The van der Waals surface area contributed by atoms with Gasteiger partial charge in [-0.25, -0.2) is 0 Å². The van der Waals surface area contributed by atoms with Crippen LogP contribution in [-0.2, 0) is 0 Å². The minimum absolute atomic E-state index is 0.673. The van der Waals surface area contributed by atoms with Gasteiger partial charge in [0.05, 0.1) is 22.3 Å². The van der Waals surface area contributed by atoms with Crippen molar-refractivity contribution in [3.05, 3.63) is 103 Å². The van der Waals surface area contributed by atoms with E-state index in [9.17, 15) is 5.26 Å². The van der Waals surface area contributed by atoms with Crippen molar-refractivity contribution < 1.29 is 0 Å². The summed E-state index contributed by atoms with van der Waals surface area (Å²) in [5.41, 5.74) is 3.89. The van der Waals surface area contributed by atoms with Gasteiger partial charge in [0.25, 0.3) is 0 Å². The Hall–Kier alpha value is -4.09. The maximum atomic E-state index is 9.82. The van der Waals surface area contributed by atoms with E-state index in [0.29, 0.717) is 5.56 Å². The summed E-state index contributed by atoms with van der Waals surface area (Å²) in [5, 5.41) is 17.0. The summed E-state index contributed by atoms with van der Waals surface area (Å²) in [5.74, 6) is 0. The van der Waals surface area contributed by atoms with E-state index in [1.54, 1.807) is 0 Å². The van der Waals surface area contributed by atoms with Gasteiger partial charge in [0.15, 0.2) is 0 Å². The first-order valence-electron chi connectivity index (χ1n) is 9.70. The first-order valence-corrected chi connectivity index (χ1v) is 9.70. The van der Waals surface area contributed by atoms with Crippen LogP contribution in [0, 0.1) is 11.3 Å². The number of nitriles is 1. The quantitative estimate of drug-likeness (QED) is 0.308. The molecule has 6 rings (SSSR count). The van der Waals surface area contributed by atoms with Crippen molar-refractivity contribution >= 4 is 43.4 Å². The van der Waals surface area contributed by atoms with E-state index in [2.05, 4.69) is 83.4 Å². The van der Waals surface area contributed by atoms with Crippen molar-refractivity contribution in [3.63, 3.8) is 0 Å².